The second-order valence-electron chi connectivity index (χ2n) is 4.44. The summed E-state index contributed by atoms with van der Waals surface area (Å²) in [6.45, 7) is 0. The normalized spacial score (nSPS) is 11.3. The maximum Gasteiger partial charge on any atom is 0.0711 e. The molecule has 86 valence electrons. The van der Waals surface area contributed by atoms with Crippen molar-refractivity contribution in [3.63, 3.8) is 0 Å². The fraction of sp³-hybridized carbons (Fsp3) is 0. The average Bonchev–Trinajstić information content (AvgIpc) is 3.01. The van der Waals surface area contributed by atoms with E-state index in [2.05, 4.69) is 76.1 Å². The molecular formula is C16H12N2. The number of nitrogens with zero attached hydrogens (tertiary/aromatic N) is 2. The van der Waals surface area contributed by atoms with Gasteiger partial charge in [-0.25, -0.2) is 0 Å². The van der Waals surface area contributed by atoms with Gasteiger partial charge in [0.25, 0.3) is 0 Å². The van der Waals surface area contributed by atoms with Crippen molar-refractivity contribution >= 4 is 16.4 Å². The highest BCUT2D eigenvalue weighted by Gasteiger charge is 2.06. The number of rotatable bonds is 1. The first-order valence-electron chi connectivity index (χ1n) is 6.06. The first-order valence-corrected chi connectivity index (χ1v) is 6.06. The first kappa shape index (κ1) is 9.54. The smallest absolute Gasteiger partial charge is 0.0711 e. The summed E-state index contributed by atoms with van der Waals surface area (Å²) in [7, 11) is 0. The lowest BCUT2D eigenvalue weighted by molar-refractivity contribution is 1.13. The van der Waals surface area contributed by atoms with Crippen LogP contribution in [0.25, 0.3) is 22.1 Å². The summed E-state index contributed by atoms with van der Waals surface area (Å²) in [5.74, 6) is 0. The lowest BCUT2D eigenvalue weighted by Gasteiger charge is -2.04. The highest BCUT2D eigenvalue weighted by Crippen LogP contribution is 2.23. The number of para-hydroxylation sites is 1. The van der Waals surface area contributed by atoms with Crippen molar-refractivity contribution in [2.24, 2.45) is 0 Å². The van der Waals surface area contributed by atoms with Crippen LogP contribution in [0.2, 0.25) is 0 Å². The topological polar surface area (TPSA) is 9.34 Å². The summed E-state index contributed by atoms with van der Waals surface area (Å²) in [6, 6.07) is 19.0. The molecule has 4 aromatic rings. The van der Waals surface area contributed by atoms with E-state index in [1.165, 1.54) is 22.1 Å². The van der Waals surface area contributed by atoms with Gasteiger partial charge in [-0.3, -0.25) is 0 Å². The van der Waals surface area contributed by atoms with Gasteiger partial charge in [-0.2, -0.15) is 0 Å². The third kappa shape index (κ3) is 1.23. The van der Waals surface area contributed by atoms with Crippen LogP contribution in [0.4, 0.5) is 0 Å². The highest BCUT2D eigenvalue weighted by molar-refractivity contribution is 5.84. The third-order valence-electron chi connectivity index (χ3n) is 3.40. The van der Waals surface area contributed by atoms with Crippen LogP contribution < -0.4 is 0 Å². The van der Waals surface area contributed by atoms with Gasteiger partial charge in [0.15, 0.2) is 0 Å². The van der Waals surface area contributed by atoms with Crippen molar-refractivity contribution in [3.8, 4) is 5.69 Å². The number of hydrogen-bond acceptors (Lipinski definition) is 0. The van der Waals surface area contributed by atoms with Crippen molar-refractivity contribution in [3.05, 3.63) is 73.2 Å². The van der Waals surface area contributed by atoms with E-state index in [9.17, 15) is 0 Å². The van der Waals surface area contributed by atoms with Crippen LogP contribution in [0.5, 0.6) is 0 Å². The molecule has 2 nitrogen and oxygen atoms in total. The number of fused-ring (bicyclic) bond motifs is 2. The Kier molecular flexibility index (Phi) is 1.86. The molecule has 0 aliphatic carbocycles. The quantitative estimate of drug-likeness (QED) is 0.471. The molecule has 3 heterocycles. The van der Waals surface area contributed by atoms with Crippen molar-refractivity contribution in [1.29, 1.82) is 0 Å². The van der Waals surface area contributed by atoms with Crippen LogP contribution in [-0.4, -0.2) is 8.97 Å². The molecule has 1 aromatic carbocycles. The zero-order valence-electron chi connectivity index (χ0n) is 9.82. The predicted molar refractivity (Wildman–Crippen MR) is 74.2 cm³/mol. The molecule has 0 aliphatic rings. The highest BCUT2D eigenvalue weighted by atomic mass is 15.0. The molecule has 0 amide bonds. The Morgan fingerprint density at radius 3 is 2.44 bits per heavy atom. The molecule has 0 saturated heterocycles. The van der Waals surface area contributed by atoms with Gasteiger partial charge < -0.3 is 8.97 Å². The van der Waals surface area contributed by atoms with Crippen LogP contribution in [0.3, 0.4) is 0 Å². The van der Waals surface area contributed by atoms with E-state index in [0.29, 0.717) is 0 Å². The molecule has 0 N–H and O–H groups in total. The Balaban J connectivity index is 2.08. The Hall–Kier alpha value is -2.48. The molecule has 0 aliphatic heterocycles. The molecule has 2 heteroatoms. The van der Waals surface area contributed by atoms with Gasteiger partial charge in [-0.1, -0.05) is 24.3 Å². The standard InChI is InChI=1S/C16H12N2/c1-2-6-14-13(5-1)8-12-18(14)16-9-11-17-10-4-3-7-15(16)17/h1-12H. The van der Waals surface area contributed by atoms with E-state index in [4.69, 9.17) is 0 Å². The molecule has 3 aromatic heterocycles. The van der Waals surface area contributed by atoms with Crippen molar-refractivity contribution in [1.82, 2.24) is 8.97 Å². The molecule has 18 heavy (non-hydrogen) atoms. The van der Waals surface area contributed by atoms with E-state index in [1.807, 2.05) is 6.07 Å². The Labute approximate surface area is 105 Å². The Morgan fingerprint density at radius 2 is 1.44 bits per heavy atom. The zero-order valence-corrected chi connectivity index (χ0v) is 9.82. The SMILES string of the molecule is c1ccc2c(c1)ccn2-c1ccn2ccccc12. The second-order valence-corrected chi connectivity index (χ2v) is 4.44. The predicted octanol–water partition coefficient (Wildman–Crippen LogP) is 3.88. The van der Waals surface area contributed by atoms with Gasteiger partial charge >= 0.3 is 0 Å². The van der Waals surface area contributed by atoms with Gasteiger partial charge in [-0.15, -0.1) is 0 Å². The minimum Gasteiger partial charge on any atom is -0.322 e. The lowest BCUT2D eigenvalue weighted by Crippen LogP contribution is -1.91. The monoisotopic (exact) mass is 232 g/mol. The minimum atomic E-state index is 1.22. The van der Waals surface area contributed by atoms with Crippen LogP contribution >= 0.6 is 0 Å². The molecular weight excluding hydrogens is 220 g/mol. The summed E-state index contributed by atoms with van der Waals surface area (Å²) in [5.41, 5.74) is 3.69. The molecule has 4 rings (SSSR count). The number of benzene rings is 1. The molecule has 0 unspecified atom stereocenters. The van der Waals surface area contributed by atoms with Crippen LogP contribution in [0.15, 0.2) is 73.2 Å². The van der Waals surface area contributed by atoms with Crippen molar-refractivity contribution in [2.75, 3.05) is 0 Å². The Morgan fingerprint density at radius 1 is 0.611 bits per heavy atom. The second kappa shape index (κ2) is 3.50. The zero-order chi connectivity index (χ0) is 11.9. The van der Waals surface area contributed by atoms with Crippen molar-refractivity contribution in [2.45, 2.75) is 0 Å². The molecule has 0 saturated carbocycles. The largest absolute Gasteiger partial charge is 0.322 e. The van der Waals surface area contributed by atoms with Gasteiger partial charge in [0.2, 0.25) is 0 Å². The van der Waals surface area contributed by atoms with E-state index >= 15 is 0 Å². The molecule has 0 radical (unpaired) electrons. The molecule has 0 spiro atoms. The number of pyridine rings is 1. The van der Waals surface area contributed by atoms with E-state index < -0.39 is 0 Å². The minimum absolute atomic E-state index is 1.22. The summed E-state index contributed by atoms with van der Waals surface area (Å²) < 4.78 is 4.38. The van der Waals surface area contributed by atoms with Gasteiger partial charge in [-0.05, 0) is 35.7 Å². The third-order valence-corrected chi connectivity index (χ3v) is 3.40. The lowest BCUT2D eigenvalue weighted by atomic mass is 10.2. The van der Waals surface area contributed by atoms with Crippen LogP contribution in [-0.2, 0) is 0 Å². The van der Waals surface area contributed by atoms with E-state index in [-0.39, 0.29) is 0 Å². The van der Waals surface area contributed by atoms with Gasteiger partial charge in [0, 0.05) is 18.6 Å². The Bertz CT molecular complexity index is 764. The molecule has 0 fully saturated rings. The summed E-state index contributed by atoms with van der Waals surface area (Å²) >= 11 is 0. The van der Waals surface area contributed by atoms with Gasteiger partial charge in [0.05, 0.1) is 16.7 Å². The number of hydrogen-bond donors (Lipinski definition) is 0. The molecule has 0 bridgehead atoms. The fourth-order valence-electron chi connectivity index (χ4n) is 2.54. The fourth-order valence-corrected chi connectivity index (χ4v) is 2.54. The summed E-state index contributed by atoms with van der Waals surface area (Å²) in [4.78, 5) is 0. The van der Waals surface area contributed by atoms with Crippen LogP contribution in [0, 0.1) is 0 Å². The van der Waals surface area contributed by atoms with Crippen LogP contribution in [0.1, 0.15) is 0 Å². The van der Waals surface area contributed by atoms with Gasteiger partial charge in [0.1, 0.15) is 0 Å². The molecule has 0 atom stereocenters. The van der Waals surface area contributed by atoms with E-state index in [1.54, 1.807) is 0 Å². The summed E-state index contributed by atoms with van der Waals surface area (Å²) in [6.07, 6.45) is 6.30. The maximum atomic E-state index is 2.24. The maximum absolute atomic E-state index is 2.24. The first-order chi connectivity index (χ1) is 8.93. The van der Waals surface area contributed by atoms with E-state index in [0.717, 1.165) is 0 Å². The number of aromatic nitrogens is 2. The van der Waals surface area contributed by atoms with Crippen molar-refractivity contribution < 1.29 is 0 Å². The average molecular weight is 232 g/mol. The summed E-state index contributed by atoms with van der Waals surface area (Å²) in [5, 5.41) is 1.27.